The molecule has 24 heavy (non-hydrogen) atoms. The van der Waals surface area contributed by atoms with Crippen LogP contribution in [0.5, 0.6) is 0 Å². The lowest BCUT2D eigenvalue weighted by Gasteiger charge is -2.36. The number of aromatic nitrogens is 5. The summed E-state index contributed by atoms with van der Waals surface area (Å²) in [4.78, 5) is 15.0. The molecular formula is C17H20N6O. The molecule has 0 radical (unpaired) electrons. The average molecular weight is 324 g/mol. The van der Waals surface area contributed by atoms with E-state index >= 15 is 0 Å². The van der Waals surface area contributed by atoms with Gasteiger partial charge in [-0.25, -0.2) is 0 Å². The Morgan fingerprint density at radius 1 is 1.25 bits per heavy atom. The lowest BCUT2D eigenvalue weighted by molar-refractivity contribution is 0.0594. The smallest absolute Gasteiger partial charge is 0.254 e. The van der Waals surface area contributed by atoms with Crippen molar-refractivity contribution >= 4 is 16.9 Å². The molecule has 1 aromatic carbocycles. The molecule has 0 spiro atoms. The lowest BCUT2D eigenvalue weighted by atomic mass is 9.98. The van der Waals surface area contributed by atoms with Crippen molar-refractivity contribution in [3.8, 4) is 0 Å². The summed E-state index contributed by atoms with van der Waals surface area (Å²) in [6.07, 6.45) is 7.98. The number of fused-ring (bicyclic) bond motifs is 1. The summed E-state index contributed by atoms with van der Waals surface area (Å²) in [6.45, 7) is 1.66. The first kappa shape index (κ1) is 14.9. The van der Waals surface area contributed by atoms with Crippen LogP contribution in [-0.4, -0.2) is 48.6 Å². The SMILES string of the molecule is O=C(c1ccc2n[nH]nc2c1)N1CCCC[C@H]1CCn1cccn1. The highest BCUT2D eigenvalue weighted by Crippen LogP contribution is 2.23. The Bertz CT molecular complexity index is 825. The minimum absolute atomic E-state index is 0.0880. The monoisotopic (exact) mass is 324 g/mol. The van der Waals surface area contributed by atoms with Crippen LogP contribution in [-0.2, 0) is 6.54 Å². The molecule has 124 valence electrons. The first-order valence-corrected chi connectivity index (χ1v) is 8.40. The quantitative estimate of drug-likeness (QED) is 0.798. The van der Waals surface area contributed by atoms with Gasteiger partial charge in [-0.3, -0.25) is 9.48 Å². The number of hydrogen-bond donors (Lipinski definition) is 1. The number of aromatic amines is 1. The number of carbonyl (C=O) groups excluding carboxylic acids is 1. The van der Waals surface area contributed by atoms with Crippen molar-refractivity contribution < 1.29 is 4.79 Å². The molecule has 1 aliphatic heterocycles. The third-order valence-corrected chi connectivity index (χ3v) is 4.70. The first-order valence-electron chi connectivity index (χ1n) is 8.40. The predicted octanol–water partition coefficient (Wildman–Crippen LogP) is 2.24. The van der Waals surface area contributed by atoms with E-state index in [1.165, 1.54) is 6.42 Å². The van der Waals surface area contributed by atoms with Crippen molar-refractivity contribution in [2.24, 2.45) is 0 Å². The molecule has 1 fully saturated rings. The van der Waals surface area contributed by atoms with E-state index in [2.05, 4.69) is 20.5 Å². The third kappa shape index (κ3) is 2.89. The van der Waals surface area contributed by atoms with E-state index in [1.54, 1.807) is 6.20 Å². The number of nitrogens with zero attached hydrogens (tertiary/aromatic N) is 5. The fourth-order valence-corrected chi connectivity index (χ4v) is 3.42. The van der Waals surface area contributed by atoms with Gasteiger partial charge >= 0.3 is 0 Å². The standard InChI is InChI=1S/C17H20N6O/c24-17(13-5-6-15-16(12-13)20-21-19-15)23-10-2-1-4-14(23)7-11-22-9-3-8-18-22/h3,5-6,8-9,12,14H,1-2,4,7,10-11H2,(H,19,20,21)/t14-/m0/s1. The second kappa shape index (κ2) is 6.43. The van der Waals surface area contributed by atoms with Gasteiger partial charge in [0.15, 0.2) is 0 Å². The summed E-state index contributed by atoms with van der Waals surface area (Å²) in [7, 11) is 0. The molecule has 4 rings (SSSR count). The number of piperidine rings is 1. The summed E-state index contributed by atoms with van der Waals surface area (Å²) >= 11 is 0. The Kier molecular flexibility index (Phi) is 3.98. The number of aryl methyl sites for hydroxylation is 1. The molecule has 1 saturated heterocycles. The Morgan fingerprint density at radius 2 is 2.17 bits per heavy atom. The van der Waals surface area contributed by atoms with E-state index in [9.17, 15) is 4.79 Å². The maximum Gasteiger partial charge on any atom is 0.254 e. The third-order valence-electron chi connectivity index (χ3n) is 4.70. The van der Waals surface area contributed by atoms with Crippen molar-refractivity contribution in [3.05, 3.63) is 42.2 Å². The van der Waals surface area contributed by atoms with Crippen molar-refractivity contribution in [2.75, 3.05) is 6.54 Å². The zero-order valence-electron chi connectivity index (χ0n) is 13.4. The normalized spacial score (nSPS) is 18.2. The number of benzene rings is 1. The van der Waals surface area contributed by atoms with Gasteiger partial charge in [-0.1, -0.05) is 0 Å². The molecule has 1 amide bonds. The minimum Gasteiger partial charge on any atom is -0.336 e. The molecule has 0 aliphatic carbocycles. The highest BCUT2D eigenvalue weighted by atomic mass is 16.2. The Labute approximate surface area is 139 Å². The maximum atomic E-state index is 13.0. The summed E-state index contributed by atoms with van der Waals surface area (Å²) < 4.78 is 1.93. The zero-order chi connectivity index (χ0) is 16.4. The van der Waals surface area contributed by atoms with Crippen molar-refractivity contribution in [3.63, 3.8) is 0 Å². The van der Waals surface area contributed by atoms with Crippen LogP contribution in [0.1, 0.15) is 36.0 Å². The van der Waals surface area contributed by atoms with E-state index in [1.807, 2.05) is 40.0 Å². The van der Waals surface area contributed by atoms with Crippen molar-refractivity contribution in [2.45, 2.75) is 38.3 Å². The van der Waals surface area contributed by atoms with E-state index in [0.717, 1.165) is 43.4 Å². The molecule has 2 aromatic heterocycles. The van der Waals surface area contributed by atoms with Gasteiger partial charge in [-0.2, -0.15) is 20.5 Å². The molecular weight excluding hydrogens is 304 g/mol. The summed E-state index contributed by atoms with van der Waals surface area (Å²) in [6, 6.07) is 7.70. The highest BCUT2D eigenvalue weighted by molar-refractivity contribution is 5.97. The van der Waals surface area contributed by atoms with Gasteiger partial charge in [0.25, 0.3) is 5.91 Å². The molecule has 0 saturated carbocycles. The Hall–Kier alpha value is -2.70. The number of amides is 1. The topological polar surface area (TPSA) is 79.7 Å². The molecule has 3 aromatic rings. The van der Waals surface area contributed by atoms with Crippen LogP contribution in [0.2, 0.25) is 0 Å². The van der Waals surface area contributed by atoms with E-state index in [4.69, 9.17) is 0 Å². The molecule has 1 aliphatic rings. The molecule has 7 heteroatoms. The van der Waals surface area contributed by atoms with E-state index < -0.39 is 0 Å². The van der Waals surface area contributed by atoms with Gasteiger partial charge < -0.3 is 4.90 Å². The van der Waals surface area contributed by atoms with Crippen LogP contribution in [0.4, 0.5) is 0 Å². The van der Waals surface area contributed by atoms with Crippen LogP contribution in [0.25, 0.3) is 11.0 Å². The molecule has 0 unspecified atom stereocenters. The van der Waals surface area contributed by atoms with Crippen LogP contribution >= 0.6 is 0 Å². The van der Waals surface area contributed by atoms with Crippen LogP contribution in [0.3, 0.4) is 0 Å². The molecule has 3 heterocycles. The van der Waals surface area contributed by atoms with E-state index in [0.29, 0.717) is 5.56 Å². The summed E-state index contributed by atoms with van der Waals surface area (Å²) in [5, 5.41) is 15.0. The van der Waals surface area contributed by atoms with Crippen LogP contribution in [0.15, 0.2) is 36.7 Å². The van der Waals surface area contributed by atoms with Crippen LogP contribution in [0, 0.1) is 0 Å². The number of carbonyl (C=O) groups is 1. The lowest BCUT2D eigenvalue weighted by Crippen LogP contribution is -2.44. The number of hydrogen-bond acceptors (Lipinski definition) is 4. The maximum absolute atomic E-state index is 13.0. The molecule has 1 N–H and O–H groups in total. The number of likely N-dealkylation sites (tertiary alicyclic amines) is 1. The van der Waals surface area contributed by atoms with Gasteiger partial charge in [0.2, 0.25) is 0 Å². The van der Waals surface area contributed by atoms with Crippen LogP contribution < -0.4 is 0 Å². The van der Waals surface area contributed by atoms with E-state index in [-0.39, 0.29) is 11.9 Å². The predicted molar refractivity (Wildman–Crippen MR) is 89.4 cm³/mol. The van der Waals surface area contributed by atoms with Crippen molar-refractivity contribution in [1.29, 1.82) is 0 Å². The Morgan fingerprint density at radius 3 is 3.04 bits per heavy atom. The number of H-pyrrole nitrogens is 1. The number of nitrogens with one attached hydrogen (secondary N) is 1. The fourth-order valence-electron chi connectivity index (χ4n) is 3.42. The van der Waals surface area contributed by atoms with Gasteiger partial charge in [0.1, 0.15) is 11.0 Å². The van der Waals surface area contributed by atoms with Gasteiger partial charge in [0, 0.05) is 37.1 Å². The number of rotatable bonds is 4. The highest BCUT2D eigenvalue weighted by Gasteiger charge is 2.27. The molecule has 1 atom stereocenters. The average Bonchev–Trinajstić information content (AvgIpc) is 3.30. The van der Waals surface area contributed by atoms with Crippen molar-refractivity contribution in [1.82, 2.24) is 30.1 Å². The largest absolute Gasteiger partial charge is 0.336 e. The second-order valence-electron chi connectivity index (χ2n) is 6.23. The molecule has 0 bridgehead atoms. The van der Waals surface area contributed by atoms with Gasteiger partial charge in [-0.15, -0.1) is 0 Å². The minimum atomic E-state index is 0.0880. The Balaban J connectivity index is 1.51. The second-order valence-corrected chi connectivity index (χ2v) is 6.23. The zero-order valence-corrected chi connectivity index (χ0v) is 13.4. The summed E-state index contributed by atoms with van der Waals surface area (Å²) in [5.74, 6) is 0.0880. The first-order chi connectivity index (χ1) is 11.8. The molecule has 7 nitrogen and oxygen atoms in total. The van der Waals surface area contributed by atoms with Gasteiger partial charge in [0.05, 0.1) is 0 Å². The van der Waals surface area contributed by atoms with Gasteiger partial charge in [-0.05, 0) is 49.9 Å². The summed E-state index contributed by atoms with van der Waals surface area (Å²) in [5.41, 5.74) is 2.19. The fraction of sp³-hybridized carbons (Fsp3) is 0.412.